The minimum atomic E-state index is 0.241. The first-order chi connectivity index (χ1) is 9.56. The molecule has 0 radical (unpaired) electrons. The number of benzene rings is 1. The molecule has 0 atom stereocenters. The molecule has 0 N–H and O–H groups in total. The molecule has 1 aromatic carbocycles. The van der Waals surface area contributed by atoms with Crippen LogP contribution < -0.4 is 4.74 Å². The van der Waals surface area contributed by atoms with Crippen LogP contribution in [0, 0.1) is 0 Å². The van der Waals surface area contributed by atoms with Crippen LogP contribution in [0.4, 0.5) is 0 Å². The fourth-order valence-corrected chi connectivity index (χ4v) is 2.39. The van der Waals surface area contributed by atoms with Gasteiger partial charge in [-0.2, -0.15) is 5.10 Å². The fourth-order valence-electron chi connectivity index (χ4n) is 1.87. The molecule has 2 rings (SSSR count). The Balaban J connectivity index is 2.21. The zero-order valence-electron chi connectivity index (χ0n) is 11.2. The second-order valence-electron chi connectivity index (χ2n) is 4.27. The minimum absolute atomic E-state index is 0.241. The van der Waals surface area contributed by atoms with E-state index in [-0.39, 0.29) is 6.61 Å². The molecule has 0 amide bonds. The Morgan fingerprint density at radius 3 is 2.75 bits per heavy atom. The van der Waals surface area contributed by atoms with Gasteiger partial charge in [0.1, 0.15) is 12.4 Å². The number of aromatic nitrogens is 2. The third-order valence-electron chi connectivity index (χ3n) is 2.97. The Morgan fingerprint density at radius 1 is 1.40 bits per heavy atom. The molecule has 1 aromatic heterocycles. The zero-order chi connectivity index (χ0) is 14.7. The Labute approximate surface area is 127 Å². The molecule has 106 valence electrons. The largest absolute Gasteiger partial charge is 0.487 e. The first-order valence-electron chi connectivity index (χ1n) is 6.14. The number of halogens is 2. The molecule has 0 bridgehead atoms. The van der Waals surface area contributed by atoms with Gasteiger partial charge in [0.25, 0.3) is 0 Å². The topological polar surface area (TPSA) is 44.1 Å². The Kier molecular flexibility index (Phi) is 4.68. The summed E-state index contributed by atoms with van der Waals surface area (Å²) in [5.74, 6) is 0.472. The number of carbonyl (C=O) groups is 1. The van der Waals surface area contributed by atoms with Crippen LogP contribution in [0.1, 0.15) is 28.7 Å². The summed E-state index contributed by atoms with van der Waals surface area (Å²) < 4.78 is 7.35. The second kappa shape index (κ2) is 6.29. The maximum atomic E-state index is 11.0. The van der Waals surface area contributed by atoms with Gasteiger partial charge in [0.2, 0.25) is 0 Å². The monoisotopic (exact) mass is 312 g/mol. The minimum Gasteiger partial charge on any atom is -0.487 e. The molecule has 0 saturated heterocycles. The predicted octanol–water partition coefficient (Wildman–Crippen LogP) is 3.68. The van der Waals surface area contributed by atoms with Gasteiger partial charge >= 0.3 is 0 Å². The van der Waals surface area contributed by atoms with Gasteiger partial charge in [-0.25, -0.2) is 0 Å². The molecule has 6 heteroatoms. The van der Waals surface area contributed by atoms with Crippen LogP contribution in [-0.2, 0) is 20.1 Å². The molecule has 2 aromatic rings. The van der Waals surface area contributed by atoms with Crippen molar-refractivity contribution in [3.8, 4) is 5.75 Å². The van der Waals surface area contributed by atoms with E-state index < -0.39 is 0 Å². The SMILES string of the molecule is CCc1nn(C)c(COc2ccc(Cl)cc2C=O)c1Cl. The number of nitrogens with zero attached hydrogens (tertiary/aromatic N) is 2. The van der Waals surface area contributed by atoms with Gasteiger partial charge in [0.15, 0.2) is 6.29 Å². The van der Waals surface area contributed by atoms with E-state index in [0.29, 0.717) is 27.6 Å². The van der Waals surface area contributed by atoms with Crippen molar-refractivity contribution in [3.05, 3.63) is 45.2 Å². The van der Waals surface area contributed by atoms with E-state index in [1.165, 1.54) is 0 Å². The maximum absolute atomic E-state index is 11.0. The summed E-state index contributed by atoms with van der Waals surface area (Å²) in [6.45, 7) is 2.23. The van der Waals surface area contributed by atoms with Crippen molar-refractivity contribution in [1.29, 1.82) is 0 Å². The second-order valence-corrected chi connectivity index (χ2v) is 5.09. The summed E-state index contributed by atoms with van der Waals surface area (Å²) in [7, 11) is 1.81. The van der Waals surface area contributed by atoms with Crippen molar-refractivity contribution in [2.45, 2.75) is 20.0 Å². The lowest BCUT2D eigenvalue weighted by Crippen LogP contribution is -2.04. The molecule has 1 heterocycles. The fraction of sp³-hybridized carbons (Fsp3) is 0.286. The number of rotatable bonds is 5. The van der Waals surface area contributed by atoms with Gasteiger partial charge in [-0.05, 0) is 24.6 Å². The molecule has 0 saturated carbocycles. The van der Waals surface area contributed by atoms with E-state index in [4.69, 9.17) is 27.9 Å². The number of aryl methyl sites for hydroxylation is 2. The molecule has 0 spiro atoms. The zero-order valence-corrected chi connectivity index (χ0v) is 12.7. The molecule has 0 aliphatic carbocycles. The average molecular weight is 313 g/mol. The van der Waals surface area contributed by atoms with Crippen LogP contribution in [0.15, 0.2) is 18.2 Å². The van der Waals surface area contributed by atoms with Gasteiger partial charge < -0.3 is 4.74 Å². The number of hydrogen-bond donors (Lipinski definition) is 0. The summed E-state index contributed by atoms with van der Waals surface area (Å²) >= 11 is 12.1. The third-order valence-corrected chi connectivity index (χ3v) is 3.64. The first-order valence-corrected chi connectivity index (χ1v) is 6.90. The van der Waals surface area contributed by atoms with Gasteiger partial charge in [-0.15, -0.1) is 0 Å². The van der Waals surface area contributed by atoms with Crippen molar-refractivity contribution < 1.29 is 9.53 Å². The highest BCUT2D eigenvalue weighted by molar-refractivity contribution is 6.32. The summed E-state index contributed by atoms with van der Waals surface area (Å²) in [6, 6.07) is 4.90. The Hall–Kier alpha value is -1.52. The third kappa shape index (κ3) is 2.97. The van der Waals surface area contributed by atoms with Gasteiger partial charge in [0.05, 0.1) is 22.0 Å². The Morgan fingerprint density at radius 2 is 2.15 bits per heavy atom. The Bertz CT molecular complexity index is 638. The van der Waals surface area contributed by atoms with Crippen LogP contribution in [0.5, 0.6) is 5.75 Å². The van der Waals surface area contributed by atoms with Gasteiger partial charge in [-0.3, -0.25) is 9.48 Å². The van der Waals surface area contributed by atoms with E-state index in [0.717, 1.165) is 17.8 Å². The highest BCUT2D eigenvalue weighted by Crippen LogP contribution is 2.25. The number of aldehydes is 1. The van der Waals surface area contributed by atoms with Crippen molar-refractivity contribution >= 4 is 29.5 Å². The molecule has 0 aliphatic heterocycles. The highest BCUT2D eigenvalue weighted by Gasteiger charge is 2.14. The molecule has 20 heavy (non-hydrogen) atoms. The number of ether oxygens (including phenoxy) is 1. The lowest BCUT2D eigenvalue weighted by atomic mass is 10.2. The van der Waals surface area contributed by atoms with E-state index in [9.17, 15) is 4.79 Å². The van der Waals surface area contributed by atoms with Crippen molar-refractivity contribution in [2.75, 3.05) is 0 Å². The van der Waals surface area contributed by atoms with Crippen molar-refractivity contribution in [2.24, 2.45) is 7.05 Å². The van der Waals surface area contributed by atoms with E-state index >= 15 is 0 Å². The van der Waals surface area contributed by atoms with E-state index in [2.05, 4.69) is 5.10 Å². The molecule has 0 aliphatic rings. The van der Waals surface area contributed by atoms with Crippen LogP contribution in [-0.4, -0.2) is 16.1 Å². The summed E-state index contributed by atoms with van der Waals surface area (Å²) in [4.78, 5) is 11.0. The van der Waals surface area contributed by atoms with Gasteiger partial charge in [-0.1, -0.05) is 30.1 Å². The molecule has 4 nitrogen and oxygen atoms in total. The van der Waals surface area contributed by atoms with Crippen LogP contribution in [0.25, 0.3) is 0 Å². The van der Waals surface area contributed by atoms with E-state index in [1.807, 2.05) is 14.0 Å². The standard InChI is InChI=1S/C14H14Cl2N2O2/c1-3-11-14(16)12(18(2)17-11)8-20-13-5-4-10(15)6-9(13)7-19/h4-7H,3,8H2,1-2H3. The number of carbonyl (C=O) groups excluding carboxylic acids is 1. The smallest absolute Gasteiger partial charge is 0.153 e. The van der Waals surface area contributed by atoms with Crippen LogP contribution in [0.3, 0.4) is 0 Å². The quantitative estimate of drug-likeness (QED) is 0.791. The molecular formula is C14H14Cl2N2O2. The van der Waals surface area contributed by atoms with Crippen LogP contribution >= 0.6 is 23.2 Å². The number of hydrogen-bond acceptors (Lipinski definition) is 3. The summed E-state index contributed by atoms with van der Waals surface area (Å²) in [5, 5.41) is 5.41. The predicted molar refractivity (Wildman–Crippen MR) is 78.8 cm³/mol. The van der Waals surface area contributed by atoms with E-state index in [1.54, 1.807) is 22.9 Å². The van der Waals surface area contributed by atoms with Crippen molar-refractivity contribution in [3.63, 3.8) is 0 Å². The summed E-state index contributed by atoms with van der Waals surface area (Å²) in [5.41, 5.74) is 2.02. The average Bonchev–Trinajstić information content (AvgIpc) is 2.72. The van der Waals surface area contributed by atoms with Crippen LogP contribution in [0.2, 0.25) is 10.0 Å². The first kappa shape index (κ1) is 14.9. The normalized spacial score (nSPS) is 10.6. The molecule has 0 fully saturated rings. The van der Waals surface area contributed by atoms with Gasteiger partial charge in [0, 0.05) is 12.1 Å². The maximum Gasteiger partial charge on any atom is 0.153 e. The lowest BCUT2D eigenvalue weighted by molar-refractivity contribution is 0.111. The molecular weight excluding hydrogens is 299 g/mol. The van der Waals surface area contributed by atoms with Crippen molar-refractivity contribution in [1.82, 2.24) is 9.78 Å². The molecule has 0 unspecified atom stereocenters. The lowest BCUT2D eigenvalue weighted by Gasteiger charge is -2.09. The summed E-state index contributed by atoms with van der Waals surface area (Å²) in [6.07, 6.45) is 1.47. The highest BCUT2D eigenvalue weighted by atomic mass is 35.5.